The smallest absolute Gasteiger partial charge is 0.217 e. The van der Waals surface area contributed by atoms with E-state index in [1.54, 1.807) is 0 Å². The predicted molar refractivity (Wildman–Crippen MR) is 53.4 cm³/mol. The molecule has 1 saturated heterocycles. The van der Waals surface area contributed by atoms with Crippen LogP contribution < -0.4 is 0 Å². The molecule has 5 heteroatoms. The minimum absolute atomic E-state index is 0.173. The normalized spacial score (nSPS) is 31.4. The lowest BCUT2D eigenvalue weighted by atomic mass is 10.3. The molecule has 1 aliphatic heterocycles. The molecule has 1 N–H and O–H groups in total. The van der Waals surface area contributed by atoms with Gasteiger partial charge in [0.2, 0.25) is 10.0 Å². The molecular formula is C9H17NO3S. The van der Waals surface area contributed by atoms with Crippen LogP contribution >= 0.6 is 0 Å². The van der Waals surface area contributed by atoms with Crippen molar-refractivity contribution in [3.8, 4) is 0 Å². The number of β-amino-alcohol motifs (C(OH)–C–C–N with tert-alkyl or cyclic N) is 1. The minimum Gasteiger partial charge on any atom is -0.392 e. The third-order valence-electron chi connectivity index (χ3n) is 3.21. The molecule has 0 aromatic rings. The van der Waals surface area contributed by atoms with Gasteiger partial charge in [0, 0.05) is 13.1 Å². The summed E-state index contributed by atoms with van der Waals surface area (Å²) in [7, 11) is -3.10. The molecule has 1 atom stereocenters. The zero-order chi connectivity index (χ0) is 10.2. The summed E-state index contributed by atoms with van der Waals surface area (Å²) < 4.78 is 25.5. The number of aliphatic hydroxyl groups is 1. The molecule has 0 aromatic heterocycles. The summed E-state index contributed by atoms with van der Waals surface area (Å²) in [5.41, 5.74) is 0. The predicted octanol–water partition coefficient (Wildman–Crippen LogP) is 0.325. The molecule has 1 heterocycles. The Bertz CT molecular complexity index is 295. The SMILES string of the molecule is O=S(=O)(C1CCCC1)N1CCC(O)C1. The first-order valence-corrected chi connectivity index (χ1v) is 6.78. The van der Waals surface area contributed by atoms with Gasteiger partial charge < -0.3 is 5.11 Å². The first-order chi connectivity index (χ1) is 6.60. The maximum absolute atomic E-state index is 12.0. The highest BCUT2D eigenvalue weighted by Crippen LogP contribution is 2.28. The standard InChI is InChI=1S/C9H17NO3S/c11-8-5-6-10(7-8)14(12,13)9-3-1-2-4-9/h8-9,11H,1-7H2. The topological polar surface area (TPSA) is 57.6 Å². The highest BCUT2D eigenvalue weighted by molar-refractivity contribution is 7.89. The van der Waals surface area contributed by atoms with Gasteiger partial charge in [0.05, 0.1) is 11.4 Å². The van der Waals surface area contributed by atoms with E-state index >= 15 is 0 Å². The summed E-state index contributed by atoms with van der Waals surface area (Å²) in [6, 6.07) is 0. The van der Waals surface area contributed by atoms with Gasteiger partial charge in [-0.25, -0.2) is 8.42 Å². The summed E-state index contributed by atoms with van der Waals surface area (Å²) in [6.45, 7) is 0.804. The molecule has 2 fully saturated rings. The van der Waals surface area contributed by atoms with Crippen LogP contribution in [0.4, 0.5) is 0 Å². The van der Waals surface area contributed by atoms with E-state index in [4.69, 9.17) is 0 Å². The molecule has 4 nitrogen and oxygen atoms in total. The summed E-state index contributed by atoms with van der Waals surface area (Å²) in [4.78, 5) is 0. The van der Waals surface area contributed by atoms with Crippen LogP contribution in [0.15, 0.2) is 0 Å². The lowest BCUT2D eigenvalue weighted by Gasteiger charge is -2.20. The van der Waals surface area contributed by atoms with Crippen LogP contribution in [0.5, 0.6) is 0 Å². The van der Waals surface area contributed by atoms with Gasteiger partial charge >= 0.3 is 0 Å². The zero-order valence-corrected chi connectivity index (χ0v) is 9.04. The maximum atomic E-state index is 12.0. The Morgan fingerprint density at radius 2 is 1.79 bits per heavy atom. The van der Waals surface area contributed by atoms with Crippen molar-refractivity contribution in [2.45, 2.75) is 43.5 Å². The van der Waals surface area contributed by atoms with Crippen LogP contribution in [-0.2, 0) is 10.0 Å². The Hall–Kier alpha value is -0.130. The molecule has 14 heavy (non-hydrogen) atoms. The summed E-state index contributed by atoms with van der Waals surface area (Å²) in [5, 5.41) is 9.13. The first-order valence-electron chi connectivity index (χ1n) is 5.28. The van der Waals surface area contributed by atoms with E-state index in [1.165, 1.54) is 4.31 Å². The minimum atomic E-state index is -3.10. The second-order valence-corrected chi connectivity index (χ2v) is 6.46. The molecule has 1 aliphatic carbocycles. The van der Waals surface area contributed by atoms with Crippen molar-refractivity contribution in [2.24, 2.45) is 0 Å². The molecule has 2 aliphatic rings. The van der Waals surface area contributed by atoms with Crippen LogP contribution in [0, 0.1) is 0 Å². The van der Waals surface area contributed by atoms with Crippen molar-refractivity contribution < 1.29 is 13.5 Å². The first kappa shape index (κ1) is 10.4. The average Bonchev–Trinajstić information content (AvgIpc) is 2.72. The summed E-state index contributed by atoms with van der Waals surface area (Å²) in [6.07, 6.45) is 3.79. The average molecular weight is 219 g/mol. The quantitative estimate of drug-likeness (QED) is 0.728. The molecule has 0 bridgehead atoms. The number of rotatable bonds is 2. The van der Waals surface area contributed by atoms with Crippen LogP contribution in [0.25, 0.3) is 0 Å². The fourth-order valence-electron chi connectivity index (χ4n) is 2.34. The molecule has 0 radical (unpaired) electrons. The van der Waals surface area contributed by atoms with Gasteiger partial charge in [-0.05, 0) is 19.3 Å². The van der Waals surface area contributed by atoms with Crippen molar-refractivity contribution in [1.82, 2.24) is 4.31 Å². The van der Waals surface area contributed by atoms with E-state index in [1.807, 2.05) is 0 Å². The van der Waals surface area contributed by atoms with Crippen molar-refractivity contribution in [3.05, 3.63) is 0 Å². The zero-order valence-electron chi connectivity index (χ0n) is 8.22. The van der Waals surface area contributed by atoms with Crippen LogP contribution in [0.2, 0.25) is 0 Å². The number of hydrogen-bond acceptors (Lipinski definition) is 3. The van der Waals surface area contributed by atoms with Crippen molar-refractivity contribution >= 4 is 10.0 Å². The van der Waals surface area contributed by atoms with E-state index in [-0.39, 0.29) is 5.25 Å². The number of nitrogens with zero attached hydrogens (tertiary/aromatic N) is 1. The van der Waals surface area contributed by atoms with Gasteiger partial charge in [-0.3, -0.25) is 0 Å². The number of aliphatic hydroxyl groups excluding tert-OH is 1. The Labute approximate surface area is 85.0 Å². The van der Waals surface area contributed by atoms with Crippen LogP contribution in [0.1, 0.15) is 32.1 Å². The van der Waals surface area contributed by atoms with Crippen molar-refractivity contribution in [3.63, 3.8) is 0 Å². The fraction of sp³-hybridized carbons (Fsp3) is 1.00. The molecular weight excluding hydrogens is 202 g/mol. The largest absolute Gasteiger partial charge is 0.392 e. The van der Waals surface area contributed by atoms with Gasteiger partial charge in [-0.1, -0.05) is 12.8 Å². The van der Waals surface area contributed by atoms with E-state index in [9.17, 15) is 13.5 Å². The third-order valence-corrected chi connectivity index (χ3v) is 5.57. The second-order valence-electron chi connectivity index (χ2n) is 4.25. The third kappa shape index (κ3) is 1.81. The van der Waals surface area contributed by atoms with E-state index < -0.39 is 16.1 Å². The number of hydrogen-bond donors (Lipinski definition) is 1. The lowest BCUT2D eigenvalue weighted by molar-refractivity contribution is 0.189. The van der Waals surface area contributed by atoms with Crippen LogP contribution in [-0.4, -0.2) is 42.3 Å². The molecule has 1 unspecified atom stereocenters. The van der Waals surface area contributed by atoms with Crippen LogP contribution in [0.3, 0.4) is 0 Å². The molecule has 82 valence electrons. The molecule has 0 amide bonds. The highest BCUT2D eigenvalue weighted by Gasteiger charge is 2.37. The van der Waals surface area contributed by atoms with Gasteiger partial charge in [0.25, 0.3) is 0 Å². The molecule has 0 aromatic carbocycles. The maximum Gasteiger partial charge on any atom is 0.217 e. The van der Waals surface area contributed by atoms with Crippen molar-refractivity contribution in [1.29, 1.82) is 0 Å². The summed E-state index contributed by atoms with van der Waals surface area (Å²) in [5.74, 6) is 0. The number of sulfonamides is 1. The Balaban J connectivity index is 2.07. The van der Waals surface area contributed by atoms with E-state index in [2.05, 4.69) is 0 Å². The second kappa shape index (κ2) is 3.79. The highest BCUT2D eigenvalue weighted by atomic mass is 32.2. The van der Waals surface area contributed by atoms with Gasteiger partial charge in [0.1, 0.15) is 0 Å². The van der Waals surface area contributed by atoms with Gasteiger partial charge in [-0.15, -0.1) is 0 Å². The Morgan fingerprint density at radius 1 is 1.14 bits per heavy atom. The fourth-order valence-corrected chi connectivity index (χ4v) is 4.43. The van der Waals surface area contributed by atoms with Gasteiger partial charge in [0.15, 0.2) is 0 Å². The molecule has 0 spiro atoms. The Morgan fingerprint density at radius 3 is 2.29 bits per heavy atom. The van der Waals surface area contributed by atoms with E-state index in [0.29, 0.717) is 19.5 Å². The molecule has 2 rings (SSSR count). The summed E-state index contributed by atoms with van der Waals surface area (Å²) >= 11 is 0. The lowest BCUT2D eigenvalue weighted by Crippen LogP contribution is -2.36. The van der Waals surface area contributed by atoms with Gasteiger partial charge in [-0.2, -0.15) is 4.31 Å². The monoisotopic (exact) mass is 219 g/mol. The van der Waals surface area contributed by atoms with Crippen molar-refractivity contribution in [2.75, 3.05) is 13.1 Å². The molecule has 1 saturated carbocycles. The van der Waals surface area contributed by atoms with E-state index in [0.717, 1.165) is 25.7 Å². The Kier molecular flexibility index (Phi) is 2.81.